The lowest BCUT2D eigenvalue weighted by Gasteiger charge is -2.24. The molecule has 0 saturated carbocycles. The van der Waals surface area contributed by atoms with E-state index < -0.39 is 11.9 Å². The number of rotatable bonds is 3. The lowest BCUT2D eigenvalue weighted by Crippen LogP contribution is -2.29. The van der Waals surface area contributed by atoms with Gasteiger partial charge in [-0.25, -0.2) is 0 Å². The molecule has 150 valence electrons. The largest absolute Gasteiger partial charge is 0.467 e. The van der Waals surface area contributed by atoms with Gasteiger partial charge in [0.05, 0.1) is 39.8 Å². The van der Waals surface area contributed by atoms with Crippen LogP contribution in [-0.2, 0) is 6.54 Å². The fourth-order valence-electron chi connectivity index (χ4n) is 3.76. The highest BCUT2D eigenvalue weighted by atomic mass is 35.5. The molecule has 30 heavy (non-hydrogen) atoms. The van der Waals surface area contributed by atoms with Crippen LogP contribution in [0.2, 0.25) is 15.1 Å². The van der Waals surface area contributed by atoms with Gasteiger partial charge in [-0.2, -0.15) is 0 Å². The smallest absolute Gasteiger partial charge is 0.291 e. The number of hydrogen-bond donors (Lipinski definition) is 0. The first-order chi connectivity index (χ1) is 14.4. The van der Waals surface area contributed by atoms with Gasteiger partial charge >= 0.3 is 0 Å². The average Bonchev–Trinajstić information content (AvgIpc) is 3.33. The van der Waals surface area contributed by atoms with E-state index in [4.69, 9.17) is 43.6 Å². The Kier molecular flexibility index (Phi) is 4.62. The minimum atomic E-state index is -0.716. The molecule has 0 radical (unpaired) electrons. The summed E-state index contributed by atoms with van der Waals surface area (Å²) in [7, 11) is 0. The zero-order valence-electron chi connectivity index (χ0n) is 15.2. The first kappa shape index (κ1) is 19.2. The van der Waals surface area contributed by atoms with Gasteiger partial charge in [-0.1, -0.05) is 40.9 Å². The predicted molar refractivity (Wildman–Crippen MR) is 114 cm³/mol. The fraction of sp³-hybridized carbons (Fsp3) is 0.0909. The van der Waals surface area contributed by atoms with E-state index in [9.17, 15) is 9.59 Å². The normalized spacial score (nSPS) is 15.8. The van der Waals surface area contributed by atoms with Crippen LogP contribution >= 0.6 is 34.8 Å². The van der Waals surface area contributed by atoms with Crippen LogP contribution in [0.4, 0.5) is 0 Å². The van der Waals surface area contributed by atoms with E-state index in [1.54, 1.807) is 42.5 Å². The van der Waals surface area contributed by atoms with Crippen molar-refractivity contribution in [1.82, 2.24) is 4.90 Å². The monoisotopic (exact) mass is 459 g/mol. The summed E-state index contributed by atoms with van der Waals surface area (Å²) >= 11 is 18.4. The second-order valence-corrected chi connectivity index (χ2v) is 8.15. The van der Waals surface area contributed by atoms with Gasteiger partial charge in [-0.15, -0.1) is 0 Å². The van der Waals surface area contributed by atoms with Gasteiger partial charge in [-0.05, 0) is 48.0 Å². The molecule has 0 fully saturated rings. The Morgan fingerprint density at radius 2 is 1.80 bits per heavy atom. The third kappa shape index (κ3) is 3.01. The van der Waals surface area contributed by atoms with Crippen molar-refractivity contribution in [2.75, 3.05) is 0 Å². The van der Waals surface area contributed by atoms with Gasteiger partial charge in [0, 0.05) is 5.02 Å². The van der Waals surface area contributed by atoms with Crippen LogP contribution in [0.5, 0.6) is 0 Å². The molecule has 0 aliphatic carbocycles. The van der Waals surface area contributed by atoms with Gasteiger partial charge in [0.1, 0.15) is 11.3 Å². The van der Waals surface area contributed by atoms with Crippen molar-refractivity contribution in [2.24, 2.45) is 0 Å². The highest BCUT2D eigenvalue weighted by molar-refractivity contribution is 6.42. The number of carbonyl (C=O) groups excluding carboxylic acids is 1. The maximum atomic E-state index is 13.4. The summed E-state index contributed by atoms with van der Waals surface area (Å²) < 4.78 is 11.3. The van der Waals surface area contributed by atoms with E-state index in [1.165, 1.54) is 17.2 Å². The second-order valence-electron chi connectivity index (χ2n) is 6.90. The number of carbonyl (C=O) groups is 1. The lowest BCUT2D eigenvalue weighted by molar-refractivity contribution is 0.0701. The molecule has 5 rings (SSSR count). The summed E-state index contributed by atoms with van der Waals surface area (Å²) in [5, 5.41) is 1.40. The molecule has 0 spiro atoms. The number of benzene rings is 2. The zero-order valence-corrected chi connectivity index (χ0v) is 17.5. The summed E-state index contributed by atoms with van der Waals surface area (Å²) in [6, 6.07) is 12.5. The minimum absolute atomic E-state index is 0.00236. The summed E-state index contributed by atoms with van der Waals surface area (Å²) in [6.45, 7) is 0.150. The number of furan rings is 1. The van der Waals surface area contributed by atoms with Crippen LogP contribution in [0.1, 0.15) is 33.5 Å². The van der Waals surface area contributed by atoms with Crippen molar-refractivity contribution in [3.05, 3.63) is 103 Å². The van der Waals surface area contributed by atoms with Crippen molar-refractivity contribution in [3.63, 3.8) is 0 Å². The Labute approximate surface area is 185 Å². The van der Waals surface area contributed by atoms with Crippen molar-refractivity contribution >= 4 is 51.7 Å². The highest BCUT2D eigenvalue weighted by Crippen LogP contribution is 2.40. The Morgan fingerprint density at radius 3 is 2.53 bits per heavy atom. The SMILES string of the molecule is O=C1c2oc3ccc(Cl)cc3c(=O)c2[C@H](c2ccc(Cl)c(Cl)c2)N1Cc1ccco1. The number of nitrogens with zero attached hydrogens (tertiary/aromatic N) is 1. The standard InChI is InChI=1S/C22H12Cl3NO4/c23-12-4-6-17-14(9-12)20(27)18-19(11-3-5-15(24)16(25)8-11)26(22(28)21(18)30-17)10-13-2-1-7-29-13/h1-9,19H,10H2/t19-/m0/s1. The quantitative estimate of drug-likeness (QED) is 0.371. The topological polar surface area (TPSA) is 63.7 Å². The molecule has 0 N–H and O–H groups in total. The van der Waals surface area contributed by atoms with E-state index in [0.29, 0.717) is 37.4 Å². The van der Waals surface area contributed by atoms with E-state index in [0.717, 1.165) is 0 Å². The maximum absolute atomic E-state index is 13.4. The third-order valence-corrected chi connectivity index (χ3v) is 6.07. The lowest BCUT2D eigenvalue weighted by atomic mass is 9.98. The maximum Gasteiger partial charge on any atom is 0.291 e. The average molecular weight is 461 g/mol. The van der Waals surface area contributed by atoms with Crippen LogP contribution in [0.15, 0.2) is 68.4 Å². The summed E-state index contributed by atoms with van der Waals surface area (Å²) in [5.41, 5.74) is 0.848. The van der Waals surface area contributed by atoms with Crippen LogP contribution in [-0.4, -0.2) is 10.8 Å². The van der Waals surface area contributed by atoms with Gasteiger partial charge < -0.3 is 13.7 Å². The number of halogens is 3. The van der Waals surface area contributed by atoms with Crippen LogP contribution < -0.4 is 5.43 Å². The zero-order chi connectivity index (χ0) is 21.0. The highest BCUT2D eigenvalue weighted by Gasteiger charge is 2.43. The van der Waals surface area contributed by atoms with Crippen molar-refractivity contribution in [2.45, 2.75) is 12.6 Å². The molecule has 1 aliphatic rings. The first-order valence-electron chi connectivity index (χ1n) is 8.98. The van der Waals surface area contributed by atoms with E-state index >= 15 is 0 Å². The van der Waals surface area contributed by atoms with Gasteiger partial charge in [0.15, 0.2) is 5.43 Å². The first-order valence-corrected chi connectivity index (χ1v) is 10.1. The minimum Gasteiger partial charge on any atom is -0.467 e. The van der Waals surface area contributed by atoms with Gasteiger partial charge in [-0.3, -0.25) is 9.59 Å². The van der Waals surface area contributed by atoms with Crippen LogP contribution in [0.25, 0.3) is 11.0 Å². The Balaban J connectivity index is 1.77. The van der Waals surface area contributed by atoms with Crippen molar-refractivity contribution < 1.29 is 13.6 Å². The fourth-order valence-corrected chi connectivity index (χ4v) is 4.23. The van der Waals surface area contributed by atoms with E-state index in [1.807, 2.05) is 0 Å². The van der Waals surface area contributed by atoms with E-state index in [2.05, 4.69) is 0 Å². The summed E-state index contributed by atoms with van der Waals surface area (Å²) in [4.78, 5) is 28.2. The molecular weight excluding hydrogens is 449 g/mol. The molecule has 0 bridgehead atoms. The van der Waals surface area contributed by atoms with Gasteiger partial charge in [0.25, 0.3) is 5.91 Å². The molecule has 2 aromatic carbocycles. The molecular formula is C22H12Cl3NO4. The molecule has 4 aromatic rings. The molecule has 0 saturated heterocycles. The number of hydrogen-bond acceptors (Lipinski definition) is 4. The third-order valence-electron chi connectivity index (χ3n) is 5.09. The van der Waals surface area contributed by atoms with Gasteiger partial charge in [0.2, 0.25) is 5.76 Å². The predicted octanol–water partition coefficient (Wildman–Crippen LogP) is 6.09. The summed E-state index contributed by atoms with van der Waals surface area (Å²) in [6.07, 6.45) is 1.52. The summed E-state index contributed by atoms with van der Waals surface area (Å²) in [5.74, 6) is 0.158. The molecule has 1 aliphatic heterocycles. The molecule has 8 heteroatoms. The molecule has 3 heterocycles. The molecule has 1 amide bonds. The van der Waals surface area contributed by atoms with Crippen molar-refractivity contribution in [3.8, 4) is 0 Å². The Hall–Kier alpha value is -2.73. The van der Waals surface area contributed by atoms with Crippen LogP contribution in [0, 0.1) is 0 Å². The Bertz CT molecular complexity index is 1360. The van der Waals surface area contributed by atoms with Crippen LogP contribution in [0.3, 0.4) is 0 Å². The second kappa shape index (κ2) is 7.20. The molecule has 2 aromatic heterocycles. The Morgan fingerprint density at radius 1 is 0.967 bits per heavy atom. The number of fused-ring (bicyclic) bond motifs is 2. The van der Waals surface area contributed by atoms with Crippen molar-refractivity contribution in [1.29, 1.82) is 0 Å². The number of amides is 1. The molecule has 5 nitrogen and oxygen atoms in total. The molecule has 0 unspecified atom stereocenters. The molecule has 1 atom stereocenters. The van der Waals surface area contributed by atoms with E-state index in [-0.39, 0.29) is 23.3 Å².